The maximum Gasteiger partial charge on any atom is 0.335 e. The van der Waals surface area contributed by atoms with Gasteiger partial charge in [0.2, 0.25) is 0 Å². The van der Waals surface area contributed by atoms with Gasteiger partial charge >= 0.3 is 5.97 Å². The number of hydrogen-bond donors (Lipinski definition) is 1. The van der Waals surface area contributed by atoms with Gasteiger partial charge in [-0.25, -0.2) is 13.2 Å². The number of carbonyl (C=O) groups is 1. The van der Waals surface area contributed by atoms with Gasteiger partial charge in [-0.2, -0.15) is 0 Å². The van der Waals surface area contributed by atoms with Gasteiger partial charge in [-0.15, -0.1) is 0 Å². The Balaban J connectivity index is 1.90. The highest BCUT2D eigenvalue weighted by Crippen LogP contribution is 2.35. The first-order valence-electron chi connectivity index (χ1n) is 9.00. The minimum atomic E-state index is -3.40. The minimum Gasteiger partial charge on any atom is -0.492 e. The third kappa shape index (κ3) is 5.18. The fourth-order valence-corrected chi connectivity index (χ4v) is 4.34. The van der Waals surface area contributed by atoms with Crippen molar-refractivity contribution in [1.82, 2.24) is 0 Å². The summed E-state index contributed by atoms with van der Waals surface area (Å²) in [6, 6.07) is 8.74. The molecule has 2 aromatic rings. The van der Waals surface area contributed by atoms with Crippen LogP contribution in [0.3, 0.4) is 0 Å². The van der Waals surface area contributed by atoms with E-state index >= 15 is 0 Å². The quantitative estimate of drug-likeness (QED) is 0.725. The lowest BCUT2D eigenvalue weighted by Crippen LogP contribution is -2.18. The highest BCUT2D eigenvalue weighted by atomic mass is 32.2. The molecule has 29 heavy (non-hydrogen) atoms. The number of sulfone groups is 1. The topological polar surface area (TPSA) is 108 Å². The van der Waals surface area contributed by atoms with Crippen molar-refractivity contribution < 1.29 is 37.3 Å². The molecule has 0 bridgehead atoms. The molecule has 8 nitrogen and oxygen atoms in total. The lowest BCUT2D eigenvalue weighted by molar-refractivity contribution is 0.0693. The molecule has 1 N–H and O–H groups in total. The second kappa shape index (κ2) is 8.71. The first-order chi connectivity index (χ1) is 13.8. The number of rotatable bonds is 7. The predicted octanol–water partition coefficient (Wildman–Crippen LogP) is 3.15. The van der Waals surface area contributed by atoms with Gasteiger partial charge in [0.25, 0.3) is 0 Å². The molecule has 0 unspecified atom stereocenters. The summed E-state index contributed by atoms with van der Waals surface area (Å²) in [6.45, 7) is 2.42. The number of methoxy groups -OCH3 is 1. The molecule has 0 aliphatic carbocycles. The molecule has 156 valence electrons. The summed E-state index contributed by atoms with van der Waals surface area (Å²) in [4.78, 5) is 11.6. The first-order valence-corrected chi connectivity index (χ1v) is 10.6. The number of aromatic carboxylic acids is 1. The highest BCUT2D eigenvalue weighted by molar-refractivity contribution is 7.91. The molecule has 0 radical (unpaired) electrons. The zero-order valence-electron chi connectivity index (χ0n) is 16.1. The van der Waals surface area contributed by atoms with Crippen molar-refractivity contribution in [2.45, 2.75) is 24.3 Å². The predicted molar refractivity (Wildman–Crippen MR) is 104 cm³/mol. The van der Waals surface area contributed by atoms with E-state index in [0.29, 0.717) is 31.1 Å². The lowest BCUT2D eigenvalue weighted by Gasteiger charge is -2.16. The van der Waals surface area contributed by atoms with Gasteiger partial charge in [0, 0.05) is 19.2 Å². The Morgan fingerprint density at radius 3 is 2.66 bits per heavy atom. The SMILES string of the molecule is COC[C@H](C)Oc1cc(Oc2ccc3c(c2)OCCCS3(=O)=O)cc(C(=O)O)c1. The van der Waals surface area contributed by atoms with Crippen molar-refractivity contribution in [2.75, 3.05) is 26.1 Å². The molecule has 1 aliphatic heterocycles. The molecule has 1 aliphatic rings. The van der Waals surface area contributed by atoms with E-state index in [1.54, 1.807) is 20.1 Å². The van der Waals surface area contributed by atoms with Gasteiger partial charge in [0.05, 0.1) is 24.5 Å². The van der Waals surface area contributed by atoms with E-state index in [9.17, 15) is 18.3 Å². The first kappa shape index (κ1) is 20.9. The van der Waals surface area contributed by atoms with Crippen LogP contribution in [-0.2, 0) is 14.6 Å². The van der Waals surface area contributed by atoms with Crippen LogP contribution in [0.1, 0.15) is 23.7 Å². The smallest absolute Gasteiger partial charge is 0.335 e. The summed E-state index contributed by atoms with van der Waals surface area (Å²) < 4.78 is 46.6. The Kier molecular flexibility index (Phi) is 6.29. The summed E-state index contributed by atoms with van der Waals surface area (Å²) in [5.74, 6) is -0.00445. The fourth-order valence-electron chi connectivity index (χ4n) is 2.92. The van der Waals surface area contributed by atoms with E-state index in [0.717, 1.165) is 0 Å². The van der Waals surface area contributed by atoms with Gasteiger partial charge in [-0.3, -0.25) is 0 Å². The zero-order valence-corrected chi connectivity index (χ0v) is 16.9. The third-order valence-corrected chi connectivity index (χ3v) is 6.00. The van der Waals surface area contributed by atoms with Crippen molar-refractivity contribution in [3.05, 3.63) is 42.0 Å². The fraction of sp³-hybridized carbons (Fsp3) is 0.350. The van der Waals surface area contributed by atoms with Crippen LogP contribution in [0.15, 0.2) is 41.3 Å². The largest absolute Gasteiger partial charge is 0.492 e. The average Bonchev–Trinajstić information content (AvgIpc) is 2.79. The van der Waals surface area contributed by atoms with Gasteiger partial charge in [-0.1, -0.05) is 0 Å². The van der Waals surface area contributed by atoms with Crippen molar-refractivity contribution in [1.29, 1.82) is 0 Å². The van der Waals surface area contributed by atoms with E-state index in [4.69, 9.17) is 18.9 Å². The summed E-state index contributed by atoms with van der Waals surface area (Å²) in [5.41, 5.74) is -0.00398. The van der Waals surface area contributed by atoms with E-state index < -0.39 is 15.8 Å². The van der Waals surface area contributed by atoms with Crippen LogP contribution in [0.25, 0.3) is 0 Å². The second-order valence-corrected chi connectivity index (χ2v) is 8.69. The number of ether oxygens (including phenoxy) is 4. The molecule has 9 heteroatoms. The van der Waals surface area contributed by atoms with Crippen LogP contribution in [-0.4, -0.2) is 51.7 Å². The molecule has 3 rings (SSSR count). The monoisotopic (exact) mass is 422 g/mol. The number of benzene rings is 2. The van der Waals surface area contributed by atoms with Crippen molar-refractivity contribution in [3.63, 3.8) is 0 Å². The van der Waals surface area contributed by atoms with Gasteiger partial charge < -0.3 is 24.1 Å². The van der Waals surface area contributed by atoms with E-state index in [1.807, 2.05) is 0 Å². The van der Waals surface area contributed by atoms with Gasteiger partial charge in [-0.05, 0) is 37.6 Å². The molecule has 0 aromatic heterocycles. The molecular weight excluding hydrogens is 400 g/mol. The van der Waals surface area contributed by atoms with E-state index in [-0.39, 0.29) is 33.8 Å². The van der Waals surface area contributed by atoms with E-state index in [2.05, 4.69) is 0 Å². The number of carboxylic acid groups (broad SMARTS) is 1. The number of fused-ring (bicyclic) bond motifs is 1. The van der Waals surface area contributed by atoms with Crippen molar-refractivity contribution >= 4 is 15.8 Å². The second-order valence-electron chi connectivity index (χ2n) is 6.61. The molecule has 0 fully saturated rings. The Morgan fingerprint density at radius 2 is 1.93 bits per heavy atom. The third-order valence-electron chi connectivity index (χ3n) is 4.17. The highest BCUT2D eigenvalue weighted by Gasteiger charge is 2.23. The van der Waals surface area contributed by atoms with Crippen LogP contribution >= 0.6 is 0 Å². The van der Waals surface area contributed by atoms with Crippen LogP contribution < -0.4 is 14.2 Å². The van der Waals surface area contributed by atoms with Crippen LogP contribution in [0, 0.1) is 0 Å². The molecule has 0 saturated carbocycles. The van der Waals surface area contributed by atoms with Gasteiger partial charge in [0.15, 0.2) is 9.84 Å². The van der Waals surface area contributed by atoms with Crippen molar-refractivity contribution in [2.24, 2.45) is 0 Å². The maximum atomic E-state index is 12.3. The summed E-state index contributed by atoms with van der Waals surface area (Å²) in [5, 5.41) is 9.36. The normalized spacial score (nSPS) is 16.1. The number of hydrogen-bond acceptors (Lipinski definition) is 7. The molecule has 1 atom stereocenters. The number of carboxylic acids is 1. The Labute approximate surface area is 168 Å². The Hall–Kier alpha value is -2.78. The van der Waals surface area contributed by atoms with E-state index in [1.165, 1.54) is 30.3 Å². The Bertz CT molecular complexity index is 1000. The average molecular weight is 422 g/mol. The lowest BCUT2D eigenvalue weighted by atomic mass is 10.2. The molecule has 1 heterocycles. The van der Waals surface area contributed by atoms with Crippen LogP contribution in [0.4, 0.5) is 0 Å². The minimum absolute atomic E-state index is 0.00398. The van der Waals surface area contributed by atoms with Crippen molar-refractivity contribution in [3.8, 4) is 23.0 Å². The van der Waals surface area contributed by atoms with Crippen LogP contribution in [0.5, 0.6) is 23.0 Å². The maximum absolute atomic E-state index is 12.3. The molecule has 0 amide bonds. The molecule has 0 spiro atoms. The Morgan fingerprint density at radius 1 is 1.17 bits per heavy atom. The van der Waals surface area contributed by atoms with Gasteiger partial charge in [0.1, 0.15) is 34.0 Å². The standard InChI is InChI=1S/C20H22O8S/c1-13(12-25-2)27-16-8-14(20(21)22)9-17(10-16)28-15-4-5-19-18(11-15)26-6-3-7-29(19,23)24/h4-5,8-11,13H,3,6-7,12H2,1-2H3,(H,21,22)/t13-/m0/s1. The molecular formula is C20H22O8S. The van der Waals surface area contributed by atoms with Crippen LogP contribution in [0.2, 0.25) is 0 Å². The zero-order chi connectivity index (χ0) is 21.0. The summed E-state index contributed by atoms with van der Waals surface area (Å²) >= 11 is 0. The molecule has 0 saturated heterocycles. The molecule has 2 aromatic carbocycles. The summed E-state index contributed by atoms with van der Waals surface area (Å²) in [6.07, 6.45) is 0.122. The summed E-state index contributed by atoms with van der Waals surface area (Å²) in [7, 11) is -1.86.